The predicted octanol–water partition coefficient (Wildman–Crippen LogP) is 3.60. The van der Waals surface area contributed by atoms with Crippen LogP contribution in [0.3, 0.4) is 0 Å². The van der Waals surface area contributed by atoms with E-state index in [1.165, 1.54) is 41.7 Å². The number of nitrogens with two attached hydrogens (primary N) is 1. The fourth-order valence-electron chi connectivity index (χ4n) is 2.64. The van der Waals surface area contributed by atoms with Gasteiger partial charge in [-0.3, -0.25) is 0 Å². The fraction of sp³-hybridized carbons (Fsp3) is 0.600. The van der Waals surface area contributed by atoms with Crippen molar-refractivity contribution in [3.8, 4) is 5.75 Å². The molecule has 1 aromatic rings. The SMILES string of the molecule is COc1cc(C)c(C(N)C2CCCCS2)cc1C. The highest BCUT2D eigenvalue weighted by atomic mass is 32.2. The van der Waals surface area contributed by atoms with Gasteiger partial charge in [0, 0.05) is 11.3 Å². The van der Waals surface area contributed by atoms with Crippen molar-refractivity contribution >= 4 is 11.8 Å². The molecule has 1 aromatic carbocycles. The quantitative estimate of drug-likeness (QED) is 0.907. The fourth-order valence-corrected chi connectivity index (χ4v) is 4.00. The van der Waals surface area contributed by atoms with Gasteiger partial charge in [-0.1, -0.05) is 12.5 Å². The van der Waals surface area contributed by atoms with Crippen LogP contribution in [0.25, 0.3) is 0 Å². The number of rotatable bonds is 3. The first-order chi connectivity index (χ1) is 8.63. The third-order valence-corrected chi connectivity index (χ3v) is 5.24. The van der Waals surface area contributed by atoms with Gasteiger partial charge in [0.2, 0.25) is 0 Å². The first-order valence-corrected chi connectivity index (χ1v) is 7.70. The Morgan fingerprint density at radius 1 is 1.28 bits per heavy atom. The maximum atomic E-state index is 6.47. The van der Waals surface area contributed by atoms with E-state index in [0.29, 0.717) is 5.25 Å². The van der Waals surface area contributed by atoms with Gasteiger partial charge in [-0.25, -0.2) is 0 Å². The molecule has 0 amide bonds. The van der Waals surface area contributed by atoms with Crippen molar-refractivity contribution < 1.29 is 4.74 Å². The molecule has 0 spiro atoms. The third-order valence-electron chi connectivity index (χ3n) is 3.76. The van der Waals surface area contributed by atoms with E-state index >= 15 is 0 Å². The molecule has 100 valence electrons. The molecule has 1 heterocycles. The minimum absolute atomic E-state index is 0.153. The van der Waals surface area contributed by atoms with Gasteiger partial charge in [0.05, 0.1) is 7.11 Å². The number of thioether (sulfide) groups is 1. The van der Waals surface area contributed by atoms with Crippen LogP contribution >= 0.6 is 11.8 Å². The Morgan fingerprint density at radius 3 is 2.67 bits per heavy atom. The summed E-state index contributed by atoms with van der Waals surface area (Å²) in [5.41, 5.74) is 10.2. The van der Waals surface area contributed by atoms with Gasteiger partial charge >= 0.3 is 0 Å². The van der Waals surface area contributed by atoms with E-state index in [0.717, 1.165) is 5.75 Å². The zero-order valence-electron chi connectivity index (χ0n) is 11.5. The van der Waals surface area contributed by atoms with Crippen LogP contribution in [0.15, 0.2) is 12.1 Å². The van der Waals surface area contributed by atoms with Crippen LogP contribution in [-0.4, -0.2) is 18.1 Å². The number of hydrogen-bond donors (Lipinski definition) is 1. The molecule has 1 aliphatic rings. The smallest absolute Gasteiger partial charge is 0.122 e. The average molecular weight is 265 g/mol. The Balaban J connectivity index is 2.23. The summed E-state index contributed by atoms with van der Waals surface area (Å²) in [5, 5.41) is 0.574. The van der Waals surface area contributed by atoms with Crippen molar-refractivity contribution in [2.45, 2.75) is 44.4 Å². The van der Waals surface area contributed by atoms with Gasteiger partial charge in [-0.05, 0) is 55.2 Å². The Labute approximate surface area is 114 Å². The van der Waals surface area contributed by atoms with Crippen LogP contribution in [0, 0.1) is 13.8 Å². The molecule has 2 rings (SSSR count). The molecule has 2 nitrogen and oxygen atoms in total. The molecule has 3 heteroatoms. The van der Waals surface area contributed by atoms with Gasteiger partial charge in [-0.2, -0.15) is 11.8 Å². The van der Waals surface area contributed by atoms with Crippen molar-refractivity contribution in [3.05, 3.63) is 28.8 Å². The van der Waals surface area contributed by atoms with Crippen molar-refractivity contribution in [3.63, 3.8) is 0 Å². The maximum absolute atomic E-state index is 6.47. The summed E-state index contributed by atoms with van der Waals surface area (Å²) in [4.78, 5) is 0. The summed E-state index contributed by atoms with van der Waals surface area (Å²) in [7, 11) is 1.72. The second-order valence-electron chi connectivity index (χ2n) is 5.11. The van der Waals surface area contributed by atoms with Gasteiger partial charge in [0.15, 0.2) is 0 Å². The summed E-state index contributed by atoms with van der Waals surface area (Å²) in [6.45, 7) is 4.22. The summed E-state index contributed by atoms with van der Waals surface area (Å²) >= 11 is 2.03. The lowest BCUT2D eigenvalue weighted by molar-refractivity contribution is 0.411. The number of methoxy groups -OCH3 is 1. The highest BCUT2D eigenvalue weighted by Gasteiger charge is 2.24. The van der Waals surface area contributed by atoms with Crippen LogP contribution in [-0.2, 0) is 0 Å². The Hall–Kier alpha value is -0.670. The normalized spacial score (nSPS) is 21.7. The molecule has 0 bridgehead atoms. The van der Waals surface area contributed by atoms with Crippen LogP contribution in [0.4, 0.5) is 0 Å². The van der Waals surface area contributed by atoms with Crippen LogP contribution in [0.5, 0.6) is 5.75 Å². The molecule has 0 aliphatic carbocycles. The first kappa shape index (κ1) is 13.8. The molecule has 0 radical (unpaired) electrons. The van der Waals surface area contributed by atoms with E-state index in [2.05, 4.69) is 26.0 Å². The largest absolute Gasteiger partial charge is 0.496 e. The lowest BCUT2D eigenvalue weighted by atomic mass is 9.94. The van der Waals surface area contributed by atoms with Crippen molar-refractivity contribution in [1.29, 1.82) is 0 Å². The zero-order chi connectivity index (χ0) is 13.1. The molecule has 1 aliphatic heterocycles. The van der Waals surface area contributed by atoms with E-state index in [-0.39, 0.29) is 6.04 Å². The van der Waals surface area contributed by atoms with E-state index < -0.39 is 0 Å². The molecular weight excluding hydrogens is 242 g/mol. The van der Waals surface area contributed by atoms with Gasteiger partial charge in [-0.15, -0.1) is 0 Å². The van der Waals surface area contributed by atoms with E-state index in [4.69, 9.17) is 10.5 Å². The third kappa shape index (κ3) is 2.83. The molecule has 2 unspecified atom stereocenters. The first-order valence-electron chi connectivity index (χ1n) is 6.66. The van der Waals surface area contributed by atoms with Gasteiger partial charge in [0.25, 0.3) is 0 Å². The van der Waals surface area contributed by atoms with Crippen LogP contribution in [0.1, 0.15) is 42.0 Å². The van der Waals surface area contributed by atoms with Crippen molar-refractivity contribution in [2.24, 2.45) is 5.73 Å². The lowest BCUT2D eigenvalue weighted by Gasteiger charge is -2.28. The minimum Gasteiger partial charge on any atom is -0.496 e. The molecule has 0 saturated carbocycles. The second-order valence-corrected chi connectivity index (χ2v) is 6.46. The van der Waals surface area contributed by atoms with Gasteiger partial charge < -0.3 is 10.5 Å². The van der Waals surface area contributed by atoms with Crippen molar-refractivity contribution in [1.82, 2.24) is 0 Å². The molecule has 18 heavy (non-hydrogen) atoms. The predicted molar refractivity (Wildman–Crippen MR) is 79.5 cm³/mol. The Bertz CT molecular complexity index is 413. The van der Waals surface area contributed by atoms with E-state index in [1.807, 2.05) is 11.8 Å². The molecule has 2 atom stereocenters. The van der Waals surface area contributed by atoms with E-state index in [1.54, 1.807) is 7.11 Å². The van der Waals surface area contributed by atoms with Crippen molar-refractivity contribution in [2.75, 3.05) is 12.9 Å². The molecule has 1 saturated heterocycles. The number of benzene rings is 1. The average Bonchev–Trinajstić information content (AvgIpc) is 2.41. The maximum Gasteiger partial charge on any atom is 0.122 e. The summed E-state index contributed by atoms with van der Waals surface area (Å²) < 4.78 is 5.36. The van der Waals surface area contributed by atoms with E-state index in [9.17, 15) is 0 Å². The Kier molecular flexibility index (Phi) is 4.57. The molecule has 2 N–H and O–H groups in total. The standard InChI is InChI=1S/C15H23NOS/c1-10-9-13(17-3)11(2)8-12(10)15(16)14-6-4-5-7-18-14/h8-9,14-15H,4-7,16H2,1-3H3. The topological polar surface area (TPSA) is 35.2 Å². The monoisotopic (exact) mass is 265 g/mol. The number of aryl methyl sites for hydroxylation is 2. The zero-order valence-corrected chi connectivity index (χ0v) is 12.3. The van der Waals surface area contributed by atoms with Crippen LogP contribution in [0.2, 0.25) is 0 Å². The summed E-state index contributed by atoms with van der Waals surface area (Å²) in [6.07, 6.45) is 3.91. The molecule has 1 fully saturated rings. The second kappa shape index (κ2) is 5.98. The minimum atomic E-state index is 0.153. The van der Waals surface area contributed by atoms with Crippen LogP contribution < -0.4 is 10.5 Å². The molecule has 0 aromatic heterocycles. The lowest BCUT2D eigenvalue weighted by Crippen LogP contribution is -2.27. The summed E-state index contributed by atoms with van der Waals surface area (Å²) in [5.74, 6) is 2.21. The molecular formula is C15H23NOS. The number of hydrogen-bond acceptors (Lipinski definition) is 3. The van der Waals surface area contributed by atoms with Gasteiger partial charge in [0.1, 0.15) is 5.75 Å². The highest BCUT2D eigenvalue weighted by molar-refractivity contribution is 8.00. The number of ether oxygens (including phenoxy) is 1. The Morgan fingerprint density at radius 2 is 2.06 bits per heavy atom. The summed E-state index contributed by atoms with van der Waals surface area (Å²) in [6, 6.07) is 4.46. The highest BCUT2D eigenvalue weighted by Crippen LogP contribution is 2.36.